The molecule has 8 nitrogen and oxygen atoms in total. The van der Waals surface area contributed by atoms with Gasteiger partial charge in [0, 0.05) is 13.0 Å². The summed E-state index contributed by atoms with van der Waals surface area (Å²) in [4.78, 5) is 37.0. The standard InChI is InChI=1S/C24H26N4O4/c1-3-32-15-18-9-11-19(12-10-18)28-21(13-16(2)27-28)24(31)26-20(22(29)23(25)30)14-17-7-5-4-6-8-17/h4-13,20H,3,14-15H2,1-2H3,(H2,25,30)(H,26,31)/t20-/m0/s1. The number of ether oxygens (including phenoxy) is 1. The number of carbonyl (C=O) groups excluding carboxylic acids is 3. The quantitative estimate of drug-likeness (QED) is 0.474. The molecule has 0 aliphatic rings. The molecule has 3 N–H and O–H groups in total. The van der Waals surface area contributed by atoms with Gasteiger partial charge >= 0.3 is 0 Å². The van der Waals surface area contributed by atoms with E-state index in [0.29, 0.717) is 24.6 Å². The fourth-order valence-corrected chi connectivity index (χ4v) is 3.27. The minimum atomic E-state index is -1.10. The molecule has 0 aliphatic heterocycles. The number of carbonyl (C=O) groups is 3. The number of nitrogens with zero attached hydrogens (tertiary/aromatic N) is 2. The molecule has 3 rings (SSSR count). The predicted octanol–water partition coefficient (Wildman–Crippen LogP) is 2.11. The smallest absolute Gasteiger partial charge is 0.287 e. The minimum Gasteiger partial charge on any atom is -0.377 e. The van der Waals surface area contributed by atoms with Crippen LogP contribution < -0.4 is 11.1 Å². The SMILES string of the molecule is CCOCc1ccc(-n2nc(C)cc2C(=O)N[C@@H](Cc2ccccc2)C(=O)C(N)=O)cc1. The Kier molecular flexibility index (Phi) is 7.51. The number of nitrogens with two attached hydrogens (primary N) is 1. The van der Waals surface area contributed by atoms with Crippen LogP contribution in [-0.2, 0) is 27.4 Å². The highest BCUT2D eigenvalue weighted by atomic mass is 16.5. The van der Waals surface area contributed by atoms with E-state index < -0.39 is 23.6 Å². The van der Waals surface area contributed by atoms with E-state index in [9.17, 15) is 14.4 Å². The first kappa shape index (κ1) is 22.9. The summed E-state index contributed by atoms with van der Waals surface area (Å²) in [5.41, 5.74) is 8.57. The Morgan fingerprint density at radius 1 is 1.06 bits per heavy atom. The molecular weight excluding hydrogens is 408 g/mol. The molecule has 0 spiro atoms. The maximum Gasteiger partial charge on any atom is 0.287 e. The van der Waals surface area contributed by atoms with Crippen LogP contribution in [0.4, 0.5) is 0 Å². The monoisotopic (exact) mass is 434 g/mol. The summed E-state index contributed by atoms with van der Waals surface area (Å²) in [6.07, 6.45) is 0.146. The number of hydrogen-bond donors (Lipinski definition) is 2. The topological polar surface area (TPSA) is 116 Å². The summed E-state index contributed by atoms with van der Waals surface area (Å²) < 4.78 is 6.91. The van der Waals surface area contributed by atoms with Crippen molar-refractivity contribution in [3.8, 4) is 5.69 Å². The second-order valence-corrected chi connectivity index (χ2v) is 7.33. The lowest BCUT2D eigenvalue weighted by molar-refractivity contribution is -0.137. The van der Waals surface area contributed by atoms with Crippen molar-refractivity contribution < 1.29 is 19.1 Å². The van der Waals surface area contributed by atoms with Crippen molar-refractivity contribution in [2.24, 2.45) is 5.73 Å². The molecule has 166 valence electrons. The molecular formula is C24H26N4O4. The summed E-state index contributed by atoms with van der Waals surface area (Å²) in [6, 6.07) is 17.1. The lowest BCUT2D eigenvalue weighted by atomic mass is 10.0. The Balaban J connectivity index is 1.84. The van der Waals surface area contributed by atoms with Gasteiger partial charge in [-0.2, -0.15) is 5.10 Å². The van der Waals surface area contributed by atoms with Gasteiger partial charge in [0.2, 0.25) is 5.78 Å². The van der Waals surface area contributed by atoms with Gasteiger partial charge < -0.3 is 15.8 Å². The van der Waals surface area contributed by atoms with Gasteiger partial charge in [0.1, 0.15) is 11.7 Å². The Bertz CT molecular complexity index is 1090. The van der Waals surface area contributed by atoms with E-state index in [1.807, 2.05) is 61.5 Å². The van der Waals surface area contributed by atoms with Crippen LogP contribution >= 0.6 is 0 Å². The third-order valence-electron chi connectivity index (χ3n) is 4.87. The number of primary amides is 1. The van der Waals surface area contributed by atoms with Crippen LogP contribution in [0.1, 0.15) is 34.2 Å². The molecule has 1 aromatic heterocycles. The number of benzene rings is 2. The van der Waals surface area contributed by atoms with E-state index in [4.69, 9.17) is 10.5 Å². The molecule has 0 aliphatic carbocycles. The molecule has 2 amide bonds. The van der Waals surface area contributed by atoms with Crippen molar-refractivity contribution in [3.05, 3.63) is 83.2 Å². The molecule has 0 radical (unpaired) electrons. The Morgan fingerprint density at radius 2 is 1.75 bits per heavy atom. The van der Waals surface area contributed by atoms with Crippen molar-refractivity contribution in [2.75, 3.05) is 6.61 Å². The average molecular weight is 434 g/mol. The summed E-state index contributed by atoms with van der Waals surface area (Å²) in [5.74, 6) is -2.48. The molecule has 3 aromatic rings. The number of nitrogens with one attached hydrogen (secondary N) is 1. The maximum atomic E-state index is 13.1. The highest BCUT2D eigenvalue weighted by Gasteiger charge is 2.27. The van der Waals surface area contributed by atoms with Crippen molar-refractivity contribution in [2.45, 2.75) is 32.9 Å². The van der Waals surface area contributed by atoms with Gasteiger partial charge in [-0.15, -0.1) is 0 Å². The van der Waals surface area contributed by atoms with Crippen LogP contribution in [0.2, 0.25) is 0 Å². The first-order valence-corrected chi connectivity index (χ1v) is 10.3. The Hall–Kier alpha value is -3.78. The molecule has 8 heteroatoms. The fraction of sp³-hybridized carbons (Fsp3) is 0.250. The van der Waals surface area contributed by atoms with Crippen LogP contribution in [0.15, 0.2) is 60.7 Å². The second-order valence-electron chi connectivity index (χ2n) is 7.33. The van der Waals surface area contributed by atoms with Gasteiger partial charge in [0.05, 0.1) is 18.0 Å². The molecule has 0 saturated carbocycles. The minimum absolute atomic E-state index is 0.146. The zero-order valence-corrected chi connectivity index (χ0v) is 18.1. The third kappa shape index (κ3) is 5.67. The number of aromatic nitrogens is 2. The van der Waals surface area contributed by atoms with Gasteiger partial charge in [0.25, 0.3) is 11.8 Å². The van der Waals surface area contributed by atoms with E-state index >= 15 is 0 Å². The van der Waals surface area contributed by atoms with E-state index in [-0.39, 0.29) is 12.1 Å². The van der Waals surface area contributed by atoms with Crippen molar-refractivity contribution in [1.82, 2.24) is 15.1 Å². The molecule has 0 saturated heterocycles. The van der Waals surface area contributed by atoms with Crippen LogP contribution in [-0.4, -0.2) is 40.0 Å². The van der Waals surface area contributed by atoms with Gasteiger partial charge in [-0.25, -0.2) is 4.68 Å². The van der Waals surface area contributed by atoms with Gasteiger partial charge in [-0.05, 0) is 43.2 Å². The molecule has 1 atom stereocenters. The zero-order valence-electron chi connectivity index (χ0n) is 18.1. The van der Waals surface area contributed by atoms with Gasteiger partial charge in [-0.1, -0.05) is 42.5 Å². The summed E-state index contributed by atoms with van der Waals surface area (Å²) in [5, 5.41) is 7.07. The molecule has 0 bridgehead atoms. The lowest BCUT2D eigenvalue weighted by Gasteiger charge is -2.17. The maximum absolute atomic E-state index is 13.1. The molecule has 0 unspecified atom stereocenters. The molecule has 2 aromatic carbocycles. The largest absolute Gasteiger partial charge is 0.377 e. The fourth-order valence-electron chi connectivity index (χ4n) is 3.27. The number of hydrogen-bond acceptors (Lipinski definition) is 5. The molecule has 32 heavy (non-hydrogen) atoms. The number of aryl methyl sites for hydroxylation is 1. The lowest BCUT2D eigenvalue weighted by Crippen LogP contribution is -2.47. The normalized spacial score (nSPS) is 11.7. The highest BCUT2D eigenvalue weighted by Crippen LogP contribution is 2.15. The first-order valence-electron chi connectivity index (χ1n) is 10.3. The summed E-state index contributed by atoms with van der Waals surface area (Å²) >= 11 is 0. The van der Waals surface area contributed by atoms with Crippen molar-refractivity contribution in [3.63, 3.8) is 0 Å². The zero-order chi connectivity index (χ0) is 23.1. The Labute approximate surface area is 186 Å². The van der Waals surface area contributed by atoms with E-state index in [0.717, 1.165) is 11.1 Å². The van der Waals surface area contributed by atoms with E-state index in [1.54, 1.807) is 13.0 Å². The van der Waals surface area contributed by atoms with E-state index in [1.165, 1.54) is 4.68 Å². The average Bonchev–Trinajstić information content (AvgIpc) is 3.19. The number of amides is 2. The molecule has 0 fully saturated rings. The second kappa shape index (κ2) is 10.5. The van der Waals surface area contributed by atoms with Crippen LogP contribution in [0.3, 0.4) is 0 Å². The van der Waals surface area contributed by atoms with Crippen LogP contribution in [0.5, 0.6) is 0 Å². The Morgan fingerprint density at radius 3 is 2.38 bits per heavy atom. The number of ketones is 1. The van der Waals surface area contributed by atoms with Crippen molar-refractivity contribution in [1.29, 1.82) is 0 Å². The number of Topliss-reactive ketones (excluding diaryl/α,β-unsaturated/α-hetero) is 1. The number of rotatable bonds is 10. The first-order chi connectivity index (χ1) is 15.4. The predicted molar refractivity (Wildman–Crippen MR) is 119 cm³/mol. The summed E-state index contributed by atoms with van der Waals surface area (Å²) in [7, 11) is 0. The van der Waals surface area contributed by atoms with Gasteiger partial charge in [-0.3, -0.25) is 14.4 Å². The third-order valence-corrected chi connectivity index (χ3v) is 4.87. The van der Waals surface area contributed by atoms with Crippen LogP contribution in [0.25, 0.3) is 5.69 Å². The van der Waals surface area contributed by atoms with Crippen LogP contribution in [0, 0.1) is 6.92 Å². The van der Waals surface area contributed by atoms with E-state index in [2.05, 4.69) is 10.4 Å². The van der Waals surface area contributed by atoms with Gasteiger partial charge in [0.15, 0.2) is 0 Å². The van der Waals surface area contributed by atoms with Crippen molar-refractivity contribution >= 4 is 17.6 Å². The molecule has 1 heterocycles. The highest BCUT2D eigenvalue weighted by molar-refractivity contribution is 6.38. The summed E-state index contributed by atoms with van der Waals surface area (Å²) in [6.45, 7) is 4.82.